The Labute approximate surface area is 505 Å². The van der Waals surface area contributed by atoms with Gasteiger partial charge in [0.1, 0.15) is 36.3 Å². The van der Waals surface area contributed by atoms with Crippen LogP contribution < -0.4 is 27.0 Å². The van der Waals surface area contributed by atoms with Crippen LogP contribution in [0.2, 0.25) is 0 Å². The summed E-state index contributed by atoms with van der Waals surface area (Å²) < 4.78 is 29.3. The number of nitrogens with two attached hydrogens (primary N) is 1. The van der Waals surface area contributed by atoms with Gasteiger partial charge >= 0.3 is 18.1 Å². The molecular weight excluding hydrogens is 1110 g/mol. The Hall–Kier alpha value is -6.14. The van der Waals surface area contributed by atoms with Crippen molar-refractivity contribution in [2.24, 2.45) is 23.5 Å². The van der Waals surface area contributed by atoms with E-state index in [1.165, 1.54) is 40.9 Å². The maximum Gasteiger partial charge on any atom is 0.429 e. The van der Waals surface area contributed by atoms with Gasteiger partial charge in [0.2, 0.25) is 23.6 Å². The molecule has 22 nitrogen and oxygen atoms in total. The van der Waals surface area contributed by atoms with Crippen LogP contribution in [0.5, 0.6) is 0 Å². The number of anilines is 1. The Balaban J connectivity index is 1.10. The molecular formula is C62H93N7O15S. The van der Waals surface area contributed by atoms with E-state index in [-0.39, 0.29) is 105 Å². The highest BCUT2D eigenvalue weighted by Gasteiger charge is 2.58. The minimum atomic E-state index is -0.962. The highest BCUT2D eigenvalue weighted by Crippen LogP contribution is 2.44. The number of aliphatic hydroxyl groups is 1. The molecule has 0 aliphatic carbocycles. The number of esters is 1. The molecule has 0 aromatic heterocycles. The first-order chi connectivity index (χ1) is 40.5. The van der Waals surface area contributed by atoms with Gasteiger partial charge in [0, 0.05) is 69.9 Å². The van der Waals surface area contributed by atoms with E-state index in [1.807, 2.05) is 40.0 Å². The zero-order chi connectivity index (χ0) is 62.2. The zero-order valence-corrected chi connectivity index (χ0v) is 51.8. The van der Waals surface area contributed by atoms with E-state index in [2.05, 4.69) is 34.3 Å². The van der Waals surface area contributed by atoms with E-state index >= 15 is 0 Å². The van der Waals surface area contributed by atoms with Crippen molar-refractivity contribution < 1.29 is 71.9 Å². The molecule has 4 heterocycles. The molecule has 11 atom stereocenters. The van der Waals surface area contributed by atoms with E-state index in [0.29, 0.717) is 81.5 Å². The third-order valence-electron chi connectivity index (χ3n) is 15.8. The number of primary amides is 1. The smallest absolute Gasteiger partial charge is 0.429 e. The van der Waals surface area contributed by atoms with Gasteiger partial charge < -0.3 is 55.8 Å². The normalized spacial score (nSPS) is 24.4. The Bertz CT molecular complexity index is 2520. The van der Waals surface area contributed by atoms with Gasteiger partial charge in [-0.3, -0.25) is 33.6 Å². The molecule has 4 saturated heterocycles. The lowest BCUT2D eigenvalue weighted by Gasteiger charge is -2.40. The molecule has 23 heteroatoms. The van der Waals surface area contributed by atoms with Crippen LogP contribution in [0, 0.1) is 17.8 Å². The summed E-state index contributed by atoms with van der Waals surface area (Å²) in [6.45, 7) is 13.6. The number of hydrazine groups is 1. The number of carbonyl (C=O) groups is 9. The van der Waals surface area contributed by atoms with Gasteiger partial charge in [0.15, 0.2) is 5.78 Å². The summed E-state index contributed by atoms with van der Waals surface area (Å²) in [5.74, 6) is -2.21. The van der Waals surface area contributed by atoms with Crippen molar-refractivity contribution >= 4 is 70.7 Å². The molecule has 1 aromatic carbocycles. The predicted octanol–water partition coefficient (Wildman–Crippen LogP) is 6.91. The lowest BCUT2D eigenvalue weighted by Crippen LogP contribution is -2.55. The average molecular weight is 1210 g/mol. The van der Waals surface area contributed by atoms with Crippen LogP contribution >= 0.6 is 11.8 Å². The fourth-order valence-corrected chi connectivity index (χ4v) is 11.3. The molecule has 7 amide bonds. The lowest BCUT2D eigenvalue weighted by atomic mass is 9.87. The third-order valence-corrected chi connectivity index (χ3v) is 16.4. The van der Waals surface area contributed by atoms with E-state index < -0.39 is 66.0 Å². The molecule has 1 spiro atoms. The first-order valence-corrected chi connectivity index (χ1v) is 31.5. The van der Waals surface area contributed by atoms with E-state index in [4.69, 9.17) is 29.4 Å². The standard InChI is InChI=1S/C62H93N7O15S/c1-39(2)57(67-54(73)18-12-10-9-11-17-48(71)37-85-8)51(72)33-46(16-15-29-64-60(63)78)59(77)65-47-24-22-45(23-25-47)36-80-61(79)69-31-14-13-30-68(69)56(75)34-49-35-62(38-81-62)58(76)53(84-49)27-20-40(3)19-26-52-41(4)32-50(43(6)83-52)66-55(74)28-21-42(5)82-44(7)70/h19-25,27-28,39,41-43,46,49-50,52-53,57-58,76H,9-18,26,29-38H2,1-8H3,(H,65,77)(H,66,74)(H,67,73)(H3,63,64,78)/b27-20+,28-21-,40-19+/t41-,42-,43+,46+,49+,50+,52-,53+,57-,58+,62+/m0/s1. The third kappa shape index (κ3) is 23.6. The van der Waals surface area contributed by atoms with Gasteiger partial charge in [-0.1, -0.05) is 69.5 Å². The van der Waals surface area contributed by atoms with Crippen molar-refractivity contribution in [1.82, 2.24) is 26.0 Å². The van der Waals surface area contributed by atoms with Crippen LogP contribution in [0.25, 0.3) is 0 Å². The Morgan fingerprint density at radius 1 is 0.918 bits per heavy atom. The molecule has 0 unspecified atom stereocenters. The average Bonchev–Trinajstić information content (AvgIpc) is 3.05. The molecule has 0 radical (unpaired) electrons. The van der Waals surface area contributed by atoms with Crippen LogP contribution in [-0.4, -0.2) is 161 Å². The number of ether oxygens (including phenoxy) is 5. The number of benzene rings is 1. The number of carbonyl (C=O) groups excluding carboxylic acids is 9. The van der Waals surface area contributed by atoms with Crippen molar-refractivity contribution in [3.63, 3.8) is 0 Å². The van der Waals surface area contributed by atoms with Gasteiger partial charge in [0.05, 0.1) is 49.2 Å². The second-order valence-corrected chi connectivity index (χ2v) is 24.3. The fraction of sp³-hybridized carbons (Fsp3) is 0.661. The van der Waals surface area contributed by atoms with Gasteiger partial charge in [0.25, 0.3) is 0 Å². The summed E-state index contributed by atoms with van der Waals surface area (Å²) in [6, 6.07) is 4.95. The van der Waals surface area contributed by atoms with E-state index in [1.54, 1.807) is 37.3 Å². The maximum absolute atomic E-state index is 14.0. The molecule has 0 saturated carbocycles. The highest BCUT2D eigenvalue weighted by atomic mass is 32.2. The summed E-state index contributed by atoms with van der Waals surface area (Å²) in [5, 5.41) is 25.4. The van der Waals surface area contributed by atoms with Crippen LogP contribution in [0.3, 0.4) is 0 Å². The number of ketones is 2. The number of hydrogen-bond acceptors (Lipinski definition) is 16. The molecule has 0 bridgehead atoms. The van der Waals surface area contributed by atoms with Crippen molar-refractivity contribution in [3.8, 4) is 0 Å². The number of aliphatic hydroxyl groups excluding tert-OH is 1. The van der Waals surface area contributed by atoms with Crippen LogP contribution in [0.15, 0.2) is 60.2 Å². The number of urea groups is 1. The SMILES string of the molecule is CSCC(=O)CCCCCCC(=O)N[C@H](C(=O)C[C@@H](CCCNC(N)=O)C(=O)Nc1ccc(COC(=O)N2CCCCN2C(=O)C[C@@H]2C[C@@]3(CO3)[C@H](O)[C@@H](/C=C/C(C)=C/C[C@@H]3O[C@H](C)[C@H](NC(=O)/C=C\[C@H](C)OC(C)=O)C[C@@H]3C)O2)cc1)C(C)C. The second kappa shape index (κ2) is 34.9. The topological polar surface area (TPSA) is 304 Å². The van der Waals surface area contributed by atoms with Gasteiger partial charge in [-0.15, -0.1) is 0 Å². The Morgan fingerprint density at radius 2 is 1.61 bits per heavy atom. The lowest BCUT2D eigenvalue weighted by molar-refractivity contribution is -0.163. The number of Topliss-reactive ketones (excluding diaryl/α,β-unsaturated/α-hetero) is 2. The van der Waals surface area contributed by atoms with Crippen LogP contribution in [0.1, 0.15) is 150 Å². The Morgan fingerprint density at radius 3 is 2.27 bits per heavy atom. The monoisotopic (exact) mass is 1210 g/mol. The number of epoxide rings is 1. The van der Waals surface area contributed by atoms with Gasteiger partial charge in [-0.25, -0.2) is 19.6 Å². The van der Waals surface area contributed by atoms with E-state index in [9.17, 15) is 48.3 Å². The van der Waals surface area contributed by atoms with Crippen molar-refractivity contribution in [2.45, 2.75) is 206 Å². The number of hydrogen-bond donors (Lipinski definition) is 6. The highest BCUT2D eigenvalue weighted by molar-refractivity contribution is 7.99. The molecule has 4 aliphatic rings. The Kier molecular flexibility index (Phi) is 28.6. The minimum Gasteiger partial charge on any atom is -0.459 e. The molecule has 7 N–H and O–H groups in total. The maximum atomic E-state index is 14.0. The molecule has 472 valence electrons. The van der Waals surface area contributed by atoms with Gasteiger partial charge in [-0.2, -0.15) is 11.8 Å². The summed E-state index contributed by atoms with van der Waals surface area (Å²) in [6.07, 6.45) is 13.7. The number of nitrogens with zero attached hydrogens (tertiary/aromatic N) is 2. The predicted molar refractivity (Wildman–Crippen MR) is 321 cm³/mol. The molecule has 85 heavy (non-hydrogen) atoms. The number of unbranched alkanes of at least 4 members (excludes halogenated alkanes) is 3. The first-order valence-electron chi connectivity index (χ1n) is 30.1. The molecule has 4 aliphatic heterocycles. The number of thioether (sulfide) groups is 1. The first kappa shape index (κ1) is 69.6. The molecule has 1 aromatic rings. The van der Waals surface area contributed by atoms with Crippen LogP contribution in [0.4, 0.5) is 15.3 Å². The minimum absolute atomic E-state index is 0.0620. The summed E-state index contributed by atoms with van der Waals surface area (Å²) in [5.41, 5.74) is 6.36. The zero-order valence-electron chi connectivity index (χ0n) is 50.9. The van der Waals surface area contributed by atoms with Crippen LogP contribution in [-0.2, 0) is 63.9 Å². The van der Waals surface area contributed by atoms with E-state index in [0.717, 1.165) is 24.8 Å². The molecule has 5 rings (SSSR count). The second-order valence-electron chi connectivity index (χ2n) is 23.4. The summed E-state index contributed by atoms with van der Waals surface area (Å²) >= 11 is 1.51. The number of nitrogens with one attached hydrogen (secondary N) is 4. The van der Waals surface area contributed by atoms with Gasteiger partial charge in [-0.05, 0) is 114 Å². The van der Waals surface area contributed by atoms with Crippen molar-refractivity contribution in [2.75, 3.05) is 43.6 Å². The summed E-state index contributed by atoms with van der Waals surface area (Å²) in [4.78, 5) is 115. The quantitative estimate of drug-likeness (QED) is 0.0140. The largest absolute Gasteiger partial charge is 0.459 e. The summed E-state index contributed by atoms with van der Waals surface area (Å²) in [7, 11) is 0. The number of allylic oxidation sites excluding steroid dienone is 2. The molecule has 4 fully saturated rings. The number of rotatable bonds is 32. The fourth-order valence-electron chi connectivity index (χ4n) is 10.9. The number of amides is 7. The van der Waals surface area contributed by atoms with Crippen molar-refractivity contribution in [1.29, 1.82) is 0 Å². The van der Waals surface area contributed by atoms with Crippen molar-refractivity contribution in [3.05, 3.63) is 65.8 Å².